The lowest BCUT2D eigenvalue weighted by Crippen LogP contribution is -2.37. The molecule has 0 spiro atoms. The number of aryl methyl sites for hydroxylation is 2. The molecule has 0 atom stereocenters. The van der Waals surface area contributed by atoms with E-state index in [0.717, 1.165) is 36.0 Å². The molecule has 2 N–H and O–H groups in total. The first-order valence-corrected chi connectivity index (χ1v) is 8.70. The topological polar surface area (TPSA) is 62.2 Å². The van der Waals surface area contributed by atoms with Crippen molar-refractivity contribution in [2.75, 3.05) is 13.6 Å². The summed E-state index contributed by atoms with van der Waals surface area (Å²) in [6, 6.07) is 0. The number of guanidine groups is 1. The van der Waals surface area contributed by atoms with E-state index in [9.17, 15) is 0 Å². The Hall–Kier alpha value is -1.47. The maximum atomic E-state index is 4.53. The van der Waals surface area contributed by atoms with Gasteiger partial charge in [0, 0.05) is 36.5 Å². The molecule has 2 heterocycles. The van der Waals surface area contributed by atoms with Gasteiger partial charge in [0.15, 0.2) is 5.96 Å². The summed E-state index contributed by atoms with van der Waals surface area (Å²) in [5.41, 5.74) is 1.07. The van der Waals surface area contributed by atoms with Crippen LogP contribution in [0.25, 0.3) is 0 Å². The quantitative estimate of drug-likeness (QED) is 0.633. The van der Waals surface area contributed by atoms with Crippen LogP contribution in [0.3, 0.4) is 0 Å². The highest BCUT2D eigenvalue weighted by Crippen LogP contribution is 2.11. The van der Waals surface area contributed by atoms with E-state index in [1.165, 1.54) is 9.88 Å². The minimum Gasteiger partial charge on any atom is -0.356 e. The Labute approximate surface area is 133 Å². The third-order valence-electron chi connectivity index (χ3n) is 2.86. The average Bonchev–Trinajstić information content (AvgIpc) is 3.11. The molecule has 2 aromatic rings. The molecule has 0 unspecified atom stereocenters. The van der Waals surface area contributed by atoms with E-state index in [2.05, 4.69) is 44.8 Å². The zero-order valence-corrected chi connectivity index (χ0v) is 14.3. The minimum absolute atomic E-state index is 0.701. The summed E-state index contributed by atoms with van der Waals surface area (Å²) in [6.45, 7) is 5.72. The first kappa shape index (κ1) is 15.9. The van der Waals surface area contributed by atoms with Crippen molar-refractivity contribution in [3.63, 3.8) is 0 Å². The largest absolute Gasteiger partial charge is 0.356 e. The van der Waals surface area contributed by atoms with Crippen molar-refractivity contribution in [3.05, 3.63) is 32.2 Å². The second-order valence-corrected chi connectivity index (χ2v) is 6.82. The predicted molar refractivity (Wildman–Crippen MR) is 90.2 cm³/mol. The molecular formula is C14H21N5S2. The van der Waals surface area contributed by atoms with E-state index < -0.39 is 0 Å². The SMILES string of the molecule is CCc1nc(CNC(=NC)NCCc2ncc(C)s2)cs1. The van der Waals surface area contributed by atoms with Gasteiger partial charge < -0.3 is 10.6 Å². The maximum Gasteiger partial charge on any atom is 0.191 e. The fraction of sp³-hybridized carbons (Fsp3) is 0.500. The van der Waals surface area contributed by atoms with Crippen molar-refractivity contribution >= 4 is 28.6 Å². The molecule has 5 nitrogen and oxygen atoms in total. The molecule has 0 aromatic carbocycles. The van der Waals surface area contributed by atoms with Crippen molar-refractivity contribution in [2.45, 2.75) is 33.2 Å². The van der Waals surface area contributed by atoms with E-state index >= 15 is 0 Å². The third-order valence-corrected chi connectivity index (χ3v) is 4.88. The van der Waals surface area contributed by atoms with Crippen molar-refractivity contribution in [2.24, 2.45) is 4.99 Å². The van der Waals surface area contributed by atoms with Crippen LogP contribution in [0.4, 0.5) is 0 Å². The zero-order valence-electron chi connectivity index (χ0n) is 12.6. The Balaban J connectivity index is 1.73. The fourth-order valence-electron chi connectivity index (χ4n) is 1.79. The van der Waals surface area contributed by atoms with Crippen LogP contribution in [0.1, 0.15) is 27.5 Å². The number of rotatable bonds is 6. The fourth-order valence-corrected chi connectivity index (χ4v) is 3.32. The van der Waals surface area contributed by atoms with Gasteiger partial charge >= 0.3 is 0 Å². The number of aliphatic imine (C=N–C) groups is 1. The maximum absolute atomic E-state index is 4.53. The monoisotopic (exact) mass is 323 g/mol. The van der Waals surface area contributed by atoms with Crippen LogP contribution in [0, 0.1) is 6.92 Å². The number of nitrogens with zero attached hydrogens (tertiary/aromatic N) is 3. The number of hydrogen-bond acceptors (Lipinski definition) is 5. The summed E-state index contributed by atoms with van der Waals surface area (Å²) < 4.78 is 0. The molecule has 0 bridgehead atoms. The lowest BCUT2D eigenvalue weighted by molar-refractivity contribution is 0.782. The van der Waals surface area contributed by atoms with Gasteiger partial charge in [-0.05, 0) is 13.3 Å². The molecular weight excluding hydrogens is 302 g/mol. The van der Waals surface area contributed by atoms with Crippen molar-refractivity contribution < 1.29 is 0 Å². The first-order valence-electron chi connectivity index (χ1n) is 7.00. The summed E-state index contributed by atoms with van der Waals surface area (Å²) in [7, 11) is 1.78. The molecule has 21 heavy (non-hydrogen) atoms. The summed E-state index contributed by atoms with van der Waals surface area (Å²) in [5, 5.41) is 11.0. The predicted octanol–water partition coefficient (Wildman–Crippen LogP) is 2.38. The number of thiazole rings is 2. The van der Waals surface area contributed by atoms with Crippen LogP contribution in [0.5, 0.6) is 0 Å². The second-order valence-electron chi connectivity index (χ2n) is 4.55. The van der Waals surface area contributed by atoms with E-state index in [0.29, 0.717) is 6.54 Å². The summed E-state index contributed by atoms with van der Waals surface area (Å²) in [4.78, 5) is 14.4. The molecule has 0 saturated carbocycles. The van der Waals surface area contributed by atoms with Crippen molar-refractivity contribution in [1.82, 2.24) is 20.6 Å². The van der Waals surface area contributed by atoms with E-state index in [1.54, 1.807) is 29.7 Å². The van der Waals surface area contributed by atoms with Crippen LogP contribution < -0.4 is 10.6 Å². The number of nitrogens with one attached hydrogen (secondary N) is 2. The molecule has 114 valence electrons. The van der Waals surface area contributed by atoms with E-state index in [1.807, 2.05) is 6.20 Å². The van der Waals surface area contributed by atoms with Gasteiger partial charge in [0.05, 0.1) is 22.3 Å². The first-order chi connectivity index (χ1) is 10.2. The summed E-state index contributed by atoms with van der Waals surface area (Å²) in [6.07, 6.45) is 3.82. The Morgan fingerprint density at radius 1 is 1.33 bits per heavy atom. The van der Waals surface area contributed by atoms with E-state index in [-0.39, 0.29) is 0 Å². The van der Waals surface area contributed by atoms with Crippen molar-refractivity contribution in [1.29, 1.82) is 0 Å². The van der Waals surface area contributed by atoms with Crippen LogP contribution in [-0.4, -0.2) is 29.5 Å². The lowest BCUT2D eigenvalue weighted by Gasteiger charge is -2.10. The normalized spacial score (nSPS) is 11.7. The van der Waals surface area contributed by atoms with Gasteiger partial charge in [-0.15, -0.1) is 22.7 Å². The highest BCUT2D eigenvalue weighted by atomic mass is 32.1. The van der Waals surface area contributed by atoms with Crippen LogP contribution in [0.2, 0.25) is 0 Å². The Bertz CT molecular complexity index is 588. The zero-order chi connectivity index (χ0) is 15.1. The number of hydrogen-bond donors (Lipinski definition) is 2. The van der Waals surface area contributed by atoms with Gasteiger partial charge in [0.2, 0.25) is 0 Å². The van der Waals surface area contributed by atoms with Crippen LogP contribution in [0.15, 0.2) is 16.6 Å². The molecule has 0 saturated heterocycles. The van der Waals surface area contributed by atoms with E-state index in [4.69, 9.17) is 0 Å². The molecule has 2 rings (SSSR count). The van der Waals surface area contributed by atoms with Crippen LogP contribution >= 0.6 is 22.7 Å². The number of aromatic nitrogens is 2. The molecule has 2 aromatic heterocycles. The van der Waals surface area contributed by atoms with Gasteiger partial charge in [0.1, 0.15) is 0 Å². The molecule has 0 aliphatic heterocycles. The Morgan fingerprint density at radius 3 is 2.81 bits per heavy atom. The molecule has 7 heteroatoms. The summed E-state index contributed by atoms with van der Waals surface area (Å²) >= 11 is 3.45. The highest BCUT2D eigenvalue weighted by Gasteiger charge is 2.03. The smallest absolute Gasteiger partial charge is 0.191 e. The Morgan fingerprint density at radius 2 is 2.19 bits per heavy atom. The molecule has 0 amide bonds. The summed E-state index contributed by atoms with van der Waals surface area (Å²) in [5.74, 6) is 0.800. The van der Waals surface area contributed by atoms with Gasteiger partial charge in [-0.2, -0.15) is 0 Å². The lowest BCUT2D eigenvalue weighted by atomic mass is 10.4. The standard InChI is InChI=1S/C14H21N5S2/c1-4-12-19-11(9-20-12)8-18-14(15-3)16-6-5-13-17-7-10(2)21-13/h7,9H,4-6,8H2,1-3H3,(H2,15,16,18). The highest BCUT2D eigenvalue weighted by molar-refractivity contribution is 7.11. The van der Waals surface area contributed by atoms with Crippen LogP contribution in [-0.2, 0) is 19.4 Å². The second kappa shape index (κ2) is 8.09. The van der Waals surface area contributed by atoms with Gasteiger partial charge in [-0.3, -0.25) is 4.99 Å². The molecule has 0 aliphatic rings. The average molecular weight is 323 g/mol. The van der Waals surface area contributed by atoms with Gasteiger partial charge in [-0.1, -0.05) is 6.92 Å². The molecule has 0 radical (unpaired) electrons. The Kier molecular flexibility index (Phi) is 6.13. The molecule has 0 aliphatic carbocycles. The minimum atomic E-state index is 0.701. The van der Waals surface area contributed by atoms with Crippen molar-refractivity contribution in [3.8, 4) is 0 Å². The van der Waals surface area contributed by atoms with Gasteiger partial charge in [-0.25, -0.2) is 9.97 Å². The van der Waals surface area contributed by atoms with Gasteiger partial charge in [0.25, 0.3) is 0 Å². The third kappa shape index (κ3) is 5.09. The molecule has 0 fully saturated rings.